The number of para-hydroxylation sites is 1. The molecule has 0 fully saturated rings. The lowest BCUT2D eigenvalue weighted by molar-refractivity contribution is -0.137. The highest BCUT2D eigenvalue weighted by molar-refractivity contribution is 5.81. The molecule has 0 aliphatic carbocycles. The van der Waals surface area contributed by atoms with E-state index in [9.17, 15) is 17.6 Å². The second-order valence-corrected chi connectivity index (χ2v) is 4.69. The highest BCUT2D eigenvalue weighted by Crippen LogP contribution is 2.30. The summed E-state index contributed by atoms with van der Waals surface area (Å²) in [6, 6.07) is 8.90. The fraction of sp³-hybridized carbons (Fsp3) is 0.125. The van der Waals surface area contributed by atoms with Crippen molar-refractivity contribution in [2.24, 2.45) is 0 Å². The maximum atomic E-state index is 13.5. The average Bonchev–Trinajstić information content (AvgIpc) is 2.89. The van der Waals surface area contributed by atoms with Crippen LogP contribution in [-0.4, -0.2) is 0 Å². The first kappa shape index (κ1) is 14.4. The Kier molecular flexibility index (Phi) is 3.52. The molecule has 2 nitrogen and oxygen atoms in total. The van der Waals surface area contributed by atoms with E-state index in [-0.39, 0.29) is 12.2 Å². The molecular weight excluding hydrogens is 300 g/mol. The summed E-state index contributed by atoms with van der Waals surface area (Å²) in [5, 5.41) is 0.576. The van der Waals surface area contributed by atoms with Gasteiger partial charge in [0.2, 0.25) is 0 Å². The fourth-order valence-corrected chi connectivity index (χ4v) is 2.09. The number of benzene rings is 2. The number of fused-ring (bicyclic) bond motifs is 1. The third-order valence-corrected chi connectivity index (χ3v) is 3.21. The van der Waals surface area contributed by atoms with Crippen LogP contribution in [0.25, 0.3) is 11.0 Å². The Morgan fingerprint density at radius 1 is 1.00 bits per heavy atom. The van der Waals surface area contributed by atoms with Crippen molar-refractivity contribution in [1.82, 2.24) is 0 Å². The van der Waals surface area contributed by atoms with Gasteiger partial charge in [-0.1, -0.05) is 12.1 Å². The van der Waals surface area contributed by atoms with Crippen LogP contribution >= 0.6 is 0 Å². The lowest BCUT2D eigenvalue weighted by Gasteiger charge is -2.08. The summed E-state index contributed by atoms with van der Waals surface area (Å²) in [5.41, 5.74) is 0.0126. The quantitative estimate of drug-likeness (QED) is 0.623. The zero-order chi connectivity index (χ0) is 15.7. The van der Waals surface area contributed by atoms with Gasteiger partial charge >= 0.3 is 6.18 Å². The van der Waals surface area contributed by atoms with E-state index < -0.39 is 17.6 Å². The van der Waals surface area contributed by atoms with Crippen molar-refractivity contribution in [1.29, 1.82) is 0 Å². The summed E-state index contributed by atoms with van der Waals surface area (Å²) >= 11 is 0. The molecule has 0 spiro atoms. The predicted molar refractivity (Wildman–Crippen MR) is 71.9 cm³/mol. The smallest absolute Gasteiger partial charge is 0.416 e. The molecule has 1 aromatic heterocycles. The summed E-state index contributed by atoms with van der Waals surface area (Å²) in [6.07, 6.45) is -3.01. The third kappa shape index (κ3) is 2.77. The number of furan rings is 1. The first-order valence-electron chi connectivity index (χ1n) is 6.40. The zero-order valence-corrected chi connectivity index (χ0v) is 11.2. The molecule has 3 rings (SSSR count). The summed E-state index contributed by atoms with van der Waals surface area (Å²) in [4.78, 5) is 0. The molecule has 0 bridgehead atoms. The summed E-state index contributed by atoms with van der Waals surface area (Å²) in [5.74, 6) is -0.183. The van der Waals surface area contributed by atoms with E-state index in [0.29, 0.717) is 16.7 Å². The molecule has 0 amide bonds. The minimum atomic E-state index is -4.38. The van der Waals surface area contributed by atoms with Crippen molar-refractivity contribution in [3.05, 3.63) is 65.7 Å². The molecule has 114 valence electrons. The monoisotopic (exact) mass is 310 g/mol. The molecule has 3 aromatic rings. The largest absolute Gasteiger partial charge is 0.489 e. The van der Waals surface area contributed by atoms with Crippen LogP contribution in [0.5, 0.6) is 5.75 Å². The summed E-state index contributed by atoms with van der Waals surface area (Å²) in [6.45, 7) is 0.0712. The van der Waals surface area contributed by atoms with Crippen LogP contribution in [0.2, 0.25) is 0 Å². The number of rotatable bonds is 3. The number of ether oxygens (including phenoxy) is 1. The van der Waals surface area contributed by atoms with E-state index in [0.717, 1.165) is 12.1 Å². The Bertz CT molecular complexity index is 788. The van der Waals surface area contributed by atoms with Crippen molar-refractivity contribution in [3.8, 4) is 5.75 Å². The van der Waals surface area contributed by atoms with E-state index in [2.05, 4.69) is 0 Å². The summed E-state index contributed by atoms with van der Waals surface area (Å²) < 4.78 is 61.4. The molecule has 0 radical (unpaired) electrons. The van der Waals surface area contributed by atoms with E-state index in [1.54, 1.807) is 12.1 Å². The topological polar surface area (TPSA) is 22.4 Å². The maximum Gasteiger partial charge on any atom is 0.416 e. The molecule has 0 aliphatic rings. The lowest BCUT2D eigenvalue weighted by atomic mass is 10.2. The van der Waals surface area contributed by atoms with Crippen LogP contribution < -0.4 is 4.74 Å². The Labute approximate surface area is 122 Å². The van der Waals surface area contributed by atoms with Crippen LogP contribution in [0.4, 0.5) is 17.6 Å². The van der Waals surface area contributed by atoms with E-state index in [1.807, 2.05) is 0 Å². The van der Waals surface area contributed by atoms with Gasteiger partial charge in [0.1, 0.15) is 12.4 Å². The molecule has 2 aromatic carbocycles. The second kappa shape index (κ2) is 5.36. The second-order valence-electron chi connectivity index (χ2n) is 4.69. The van der Waals surface area contributed by atoms with Crippen molar-refractivity contribution in [2.75, 3.05) is 0 Å². The van der Waals surface area contributed by atoms with Crippen LogP contribution in [0, 0.1) is 5.82 Å². The molecule has 0 unspecified atom stereocenters. The van der Waals surface area contributed by atoms with Gasteiger partial charge in [-0.05, 0) is 30.3 Å². The van der Waals surface area contributed by atoms with Gasteiger partial charge in [0.25, 0.3) is 0 Å². The Morgan fingerprint density at radius 3 is 2.41 bits per heavy atom. The number of alkyl halides is 3. The van der Waals surface area contributed by atoms with Crippen molar-refractivity contribution in [3.63, 3.8) is 0 Å². The SMILES string of the molecule is Fc1cccc2c(COc3ccc(C(F)(F)F)cc3)coc12. The maximum absolute atomic E-state index is 13.5. The first-order chi connectivity index (χ1) is 10.4. The fourth-order valence-electron chi connectivity index (χ4n) is 2.09. The van der Waals surface area contributed by atoms with Crippen LogP contribution in [0.1, 0.15) is 11.1 Å². The zero-order valence-electron chi connectivity index (χ0n) is 11.2. The van der Waals surface area contributed by atoms with E-state index >= 15 is 0 Å². The van der Waals surface area contributed by atoms with E-state index in [4.69, 9.17) is 9.15 Å². The normalized spacial score (nSPS) is 11.8. The van der Waals surface area contributed by atoms with Gasteiger partial charge in [-0.2, -0.15) is 13.2 Å². The minimum absolute atomic E-state index is 0.0712. The molecule has 0 N–H and O–H groups in total. The molecular formula is C16H10F4O2. The van der Waals surface area contributed by atoms with Crippen LogP contribution in [0.3, 0.4) is 0 Å². The van der Waals surface area contributed by atoms with Gasteiger partial charge in [-0.15, -0.1) is 0 Å². The molecule has 6 heteroatoms. The highest BCUT2D eigenvalue weighted by Gasteiger charge is 2.30. The van der Waals surface area contributed by atoms with Crippen molar-refractivity contribution >= 4 is 11.0 Å². The Hall–Kier alpha value is -2.50. The van der Waals surface area contributed by atoms with Crippen LogP contribution in [-0.2, 0) is 12.8 Å². The number of hydrogen-bond donors (Lipinski definition) is 0. The van der Waals surface area contributed by atoms with Gasteiger partial charge in [0, 0.05) is 10.9 Å². The standard InChI is InChI=1S/C16H10F4O2/c17-14-3-1-2-13-10(9-22-15(13)14)8-21-12-6-4-11(5-7-12)16(18,19)20/h1-7,9H,8H2. The molecule has 0 aliphatic heterocycles. The number of halogens is 4. The van der Waals surface area contributed by atoms with Crippen molar-refractivity contribution < 1.29 is 26.7 Å². The van der Waals surface area contributed by atoms with Crippen LogP contribution in [0.15, 0.2) is 53.1 Å². The van der Waals surface area contributed by atoms with E-state index in [1.165, 1.54) is 24.5 Å². The molecule has 22 heavy (non-hydrogen) atoms. The molecule has 0 saturated heterocycles. The molecule has 0 atom stereocenters. The van der Waals surface area contributed by atoms with Gasteiger partial charge in [-0.25, -0.2) is 4.39 Å². The first-order valence-corrected chi connectivity index (χ1v) is 6.40. The van der Waals surface area contributed by atoms with Gasteiger partial charge < -0.3 is 9.15 Å². The van der Waals surface area contributed by atoms with Gasteiger partial charge in [-0.3, -0.25) is 0 Å². The number of hydrogen-bond acceptors (Lipinski definition) is 2. The van der Waals surface area contributed by atoms with Gasteiger partial charge in [0.15, 0.2) is 11.4 Å². The average molecular weight is 310 g/mol. The molecule has 0 saturated carbocycles. The predicted octanol–water partition coefficient (Wildman–Crippen LogP) is 5.17. The third-order valence-electron chi connectivity index (χ3n) is 3.21. The Morgan fingerprint density at radius 2 is 1.73 bits per heavy atom. The highest BCUT2D eigenvalue weighted by atomic mass is 19.4. The Balaban J connectivity index is 1.75. The van der Waals surface area contributed by atoms with Gasteiger partial charge in [0.05, 0.1) is 11.8 Å². The van der Waals surface area contributed by atoms with Crippen molar-refractivity contribution in [2.45, 2.75) is 12.8 Å². The minimum Gasteiger partial charge on any atom is -0.489 e. The summed E-state index contributed by atoms with van der Waals surface area (Å²) in [7, 11) is 0. The molecule has 1 heterocycles. The lowest BCUT2D eigenvalue weighted by Crippen LogP contribution is -2.04.